The fourth-order valence-corrected chi connectivity index (χ4v) is 3.22. The first-order valence-corrected chi connectivity index (χ1v) is 9.01. The van der Waals surface area contributed by atoms with Gasteiger partial charge in [0.15, 0.2) is 12.4 Å². The molecule has 0 bridgehead atoms. The van der Waals surface area contributed by atoms with Gasteiger partial charge in [-0.25, -0.2) is 0 Å². The number of carbonyl (C=O) groups excluding carboxylic acids is 2. The topological polar surface area (TPSA) is 64.6 Å². The lowest BCUT2D eigenvalue weighted by Gasteiger charge is -2.31. The van der Waals surface area contributed by atoms with Crippen molar-refractivity contribution in [3.8, 4) is 11.5 Å². The van der Waals surface area contributed by atoms with Crippen LogP contribution >= 0.6 is 0 Å². The molecule has 0 aromatic heterocycles. The van der Waals surface area contributed by atoms with E-state index in [9.17, 15) is 9.59 Å². The SMILES string of the molecule is Cc1cc(C)c(C)c(OCC(=O)Nc2ccc3c(c2)C(=O)CC(C)(C)O3)c1. The van der Waals surface area contributed by atoms with Crippen molar-refractivity contribution in [2.75, 3.05) is 11.9 Å². The van der Waals surface area contributed by atoms with Gasteiger partial charge < -0.3 is 14.8 Å². The molecule has 0 spiro atoms. The number of anilines is 1. The number of ether oxygens (including phenoxy) is 2. The first-order valence-electron chi connectivity index (χ1n) is 9.01. The van der Waals surface area contributed by atoms with Crippen LogP contribution in [-0.2, 0) is 4.79 Å². The van der Waals surface area contributed by atoms with Crippen LogP contribution in [0.2, 0.25) is 0 Å². The summed E-state index contributed by atoms with van der Waals surface area (Å²) < 4.78 is 11.5. The Morgan fingerprint density at radius 2 is 1.93 bits per heavy atom. The Bertz CT molecular complexity index is 915. The number of amides is 1. The van der Waals surface area contributed by atoms with Gasteiger partial charge >= 0.3 is 0 Å². The normalized spacial score (nSPS) is 14.9. The molecule has 1 amide bonds. The average Bonchev–Trinajstić information content (AvgIpc) is 2.56. The van der Waals surface area contributed by atoms with E-state index in [1.807, 2.05) is 40.7 Å². The van der Waals surface area contributed by atoms with E-state index in [0.717, 1.165) is 16.7 Å². The minimum atomic E-state index is -0.507. The lowest BCUT2D eigenvalue weighted by molar-refractivity contribution is -0.118. The van der Waals surface area contributed by atoms with Crippen LogP contribution in [0, 0.1) is 20.8 Å². The van der Waals surface area contributed by atoms with Crippen molar-refractivity contribution in [2.24, 2.45) is 0 Å². The number of hydrogen-bond donors (Lipinski definition) is 1. The van der Waals surface area contributed by atoms with E-state index < -0.39 is 5.60 Å². The molecule has 0 aliphatic carbocycles. The zero-order valence-electron chi connectivity index (χ0n) is 16.4. The van der Waals surface area contributed by atoms with Crippen LogP contribution in [0.3, 0.4) is 0 Å². The zero-order valence-corrected chi connectivity index (χ0v) is 16.4. The summed E-state index contributed by atoms with van der Waals surface area (Å²) in [6, 6.07) is 9.11. The van der Waals surface area contributed by atoms with Crippen molar-refractivity contribution in [2.45, 2.75) is 46.6 Å². The standard InChI is InChI=1S/C22H25NO4/c1-13-8-14(2)15(3)20(9-13)26-12-21(25)23-16-6-7-19-17(10-16)18(24)11-22(4,5)27-19/h6-10H,11-12H2,1-5H3,(H,23,25). The third-order valence-electron chi connectivity index (χ3n) is 4.66. The van der Waals surface area contributed by atoms with Crippen LogP contribution in [0.5, 0.6) is 11.5 Å². The summed E-state index contributed by atoms with van der Waals surface area (Å²) in [5, 5.41) is 2.78. The van der Waals surface area contributed by atoms with Gasteiger partial charge in [-0.15, -0.1) is 0 Å². The van der Waals surface area contributed by atoms with Gasteiger partial charge in [-0.05, 0) is 75.6 Å². The van der Waals surface area contributed by atoms with Gasteiger partial charge in [-0.3, -0.25) is 9.59 Å². The highest BCUT2D eigenvalue weighted by atomic mass is 16.5. The van der Waals surface area contributed by atoms with E-state index in [1.54, 1.807) is 18.2 Å². The van der Waals surface area contributed by atoms with Gasteiger partial charge in [0.1, 0.15) is 17.1 Å². The number of fused-ring (bicyclic) bond motifs is 1. The quantitative estimate of drug-likeness (QED) is 0.871. The summed E-state index contributed by atoms with van der Waals surface area (Å²) in [5.41, 5.74) is 3.78. The smallest absolute Gasteiger partial charge is 0.262 e. The summed E-state index contributed by atoms with van der Waals surface area (Å²) in [7, 11) is 0. The molecule has 5 heteroatoms. The zero-order chi connectivity index (χ0) is 19.8. The van der Waals surface area contributed by atoms with Gasteiger partial charge in [0.05, 0.1) is 12.0 Å². The van der Waals surface area contributed by atoms with Crippen LogP contribution in [0.15, 0.2) is 30.3 Å². The largest absolute Gasteiger partial charge is 0.487 e. The molecular formula is C22H25NO4. The van der Waals surface area contributed by atoms with Crippen molar-refractivity contribution >= 4 is 17.4 Å². The molecule has 142 valence electrons. The Morgan fingerprint density at radius 1 is 1.19 bits per heavy atom. The molecule has 27 heavy (non-hydrogen) atoms. The second kappa shape index (κ2) is 7.06. The van der Waals surface area contributed by atoms with E-state index in [2.05, 4.69) is 11.4 Å². The molecule has 0 saturated heterocycles. The third-order valence-corrected chi connectivity index (χ3v) is 4.66. The van der Waals surface area contributed by atoms with Crippen molar-refractivity contribution in [1.29, 1.82) is 0 Å². The number of rotatable bonds is 4. The molecule has 0 fully saturated rings. The molecule has 5 nitrogen and oxygen atoms in total. The Kier molecular flexibility index (Phi) is 4.96. The summed E-state index contributed by atoms with van der Waals surface area (Å²) in [4.78, 5) is 24.6. The lowest BCUT2D eigenvalue weighted by atomic mass is 9.93. The Morgan fingerprint density at radius 3 is 2.67 bits per heavy atom. The predicted octanol–water partition coefficient (Wildman–Crippen LogP) is 4.37. The number of benzene rings is 2. The first-order chi connectivity index (χ1) is 12.6. The van der Waals surface area contributed by atoms with E-state index in [4.69, 9.17) is 9.47 Å². The number of carbonyl (C=O) groups is 2. The van der Waals surface area contributed by atoms with Gasteiger partial charge in [0.2, 0.25) is 0 Å². The molecule has 1 N–H and O–H groups in total. The minimum Gasteiger partial charge on any atom is -0.487 e. The lowest BCUT2D eigenvalue weighted by Crippen LogP contribution is -2.35. The van der Waals surface area contributed by atoms with Crippen LogP contribution in [0.1, 0.15) is 47.3 Å². The molecular weight excluding hydrogens is 342 g/mol. The maximum absolute atomic E-state index is 12.3. The predicted molar refractivity (Wildman–Crippen MR) is 105 cm³/mol. The Hall–Kier alpha value is -2.82. The van der Waals surface area contributed by atoms with Crippen LogP contribution in [0.4, 0.5) is 5.69 Å². The van der Waals surface area contributed by atoms with E-state index in [1.165, 1.54) is 0 Å². The molecule has 0 unspecified atom stereocenters. The highest BCUT2D eigenvalue weighted by molar-refractivity contribution is 6.02. The van der Waals surface area contributed by atoms with E-state index >= 15 is 0 Å². The molecule has 0 atom stereocenters. The van der Waals surface area contributed by atoms with Crippen molar-refractivity contribution < 1.29 is 19.1 Å². The van der Waals surface area contributed by atoms with E-state index in [0.29, 0.717) is 29.2 Å². The van der Waals surface area contributed by atoms with Crippen LogP contribution in [-0.4, -0.2) is 23.9 Å². The molecule has 1 aliphatic rings. The molecule has 0 saturated carbocycles. The summed E-state index contributed by atoms with van der Waals surface area (Å²) in [5.74, 6) is 0.993. The maximum atomic E-state index is 12.3. The highest BCUT2D eigenvalue weighted by Gasteiger charge is 2.32. The van der Waals surface area contributed by atoms with Crippen LogP contribution in [0.25, 0.3) is 0 Å². The fraction of sp³-hybridized carbons (Fsp3) is 0.364. The van der Waals surface area contributed by atoms with Crippen molar-refractivity contribution in [3.63, 3.8) is 0 Å². The highest BCUT2D eigenvalue weighted by Crippen LogP contribution is 2.34. The number of aryl methyl sites for hydroxylation is 2. The average molecular weight is 367 g/mol. The summed E-state index contributed by atoms with van der Waals surface area (Å²) in [6.07, 6.45) is 0.312. The number of ketones is 1. The number of nitrogens with one attached hydrogen (secondary N) is 1. The fourth-order valence-electron chi connectivity index (χ4n) is 3.22. The monoisotopic (exact) mass is 367 g/mol. The molecule has 0 radical (unpaired) electrons. The third kappa shape index (κ3) is 4.30. The second-order valence-corrected chi connectivity index (χ2v) is 7.71. The van der Waals surface area contributed by atoms with Gasteiger partial charge in [0.25, 0.3) is 5.91 Å². The molecule has 1 aliphatic heterocycles. The number of hydrogen-bond acceptors (Lipinski definition) is 4. The van der Waals surface area contributed by atoms with Crippen molar-refractivity contribution in [1.82, 2.24) is 0 Å². The summed E-state index contributed by atoms with van der Waals surface area (Å²) >= 11 is 0. The maximum Gasteiger partial charge on any atom is 0.262 e. The second-order valence-electron chi connectivity index (χ2n) is 7.71. The Labute approximate surface area is 159 Å². The van der Waals surface area contributed by atoms with Crippen LogP contribution < -0.4 is 14.8 Å². The van der Waals surface area contributed by atoms with E-state index in [-0.39, 0.29) is 18.3 Å². The Balaban J connectivity index is 1.67. The summed E-state index contributed by atoms with van der Waals surface area (Å²) in [6.45, 7) is 9.65. The molecule has 1 heterocycles. The van der Waals surface area contributed by atoms with Gasteiger partial charge in [0, 0.05) is 5.69 Å². The first kappa shape index (κ1) is 19.0. The van der Waals surface area contributed by atoms with Gasteiger partial charge in [-0.2, -0.15) is 0 Å². The molecule has 3 rings (SSSR count). The number of Topliss-reactive ketones (excluding diaryl/α,β-unsaturated/α-hetero) is 1. The minimum absolute atomic E-state index is 0.0134. The molecule has 2 aromatic rings. The van der Waals surface area contributed by atoms with Gasteiger partial charge in [-0.1, -0.05) is 6.07 Å². The van der Waals surface area contributed by atoms with Crippen molar-refractivity contribution in [3.05, 3.63) is 52.6 Å². The molecule has 2 aromatic carbocycles.